The quantitative estimate of drug-likeness (QED) is 0.149. The molecule has 0 bridgehead atoms. The molecule has 10 heteroatoms. The maximum absolute atomic E-state index is 14.2. The minimum absolute atomic E-state index is 0.193. The molecule has 5 rings (SSSR count). The Balaban J connectivity index is 1.51. The molecule has 1 amide bonds. The van der Waals surface area contributed by atoms with E-state index >= 15 is 0 Å². The van der Waals surface area contributed by atoms with Gasteiger partial charge < -0.3 is 24.2 Å². The molecule has 1 fully saturated rings. The summed E-state index contributed by atoms with van der Waals surface area (Å²) in [5.41, 5.74) is 1.80. The highest BCUT2D eigenvalue weighted by Crippen LogP contribution is 2.49. The van der Waals surface area contributed by atoms with Crippen LogP contribution < -0.4 is 0 Å². The van der Waals surface area contributed by atoms with Crippen molar-refractivity contribution in [3.8, 4) is 5.75 Å². The van der Waals surface area contributed by atoms with Crippen LogP contribution in [0.2, 0.25) is 0 Å². The smallest absolute Gasteiger partial charge is 0.334 e. The number of aliphatic imine (C=N–C) groups is 1. The van der Waals surface area contributed by atoms with Crippen LogP contribution in [0.25, 0.3) is 0 Å². The number of amides is 1. The molecular weight excluding hydrogens is 641 g/mol. The van der Waals surface area contributed by atoms with E-state index < -0.39 is 41.1 Å². The number of phenolic OH excluding ortho intramolecular Hbond substituents is 1. The minimum Gasteiger partial charge on any atom is -0.507 e. The van der Waals surface area contributed by atoms with E-state index in [1.54, 1.807) is 11.6 Å². The lowest BCUT2D eigenvalue weighted by Crippen LogP contribution is -2.77. The molecule has 1 N–H and O–H groups in total. The zero-order valence-corrected chi connectivity index (χ0v) is 30.0. The standard InChI is InChI=1S/C39H44N2O7S/c1-24(42)47-22-28-23-49-36-39(46-8,40-21-25-19-29(37(2,3)4)32(43)30(20-25)38(5,6)7)35(45)41(36)31(28)34(44)48-33(26-15-11-9-12-16-26)27-17-13-10-14-18-27/h9-21,23,31,33,36,43H,22H2,1-8H3/b40-21+/t31?,36-,39+/m1/s1. The van der Waals surface area contributed by atoms with Gasteiger partial charge in [0.25, 0.3) is 11.6 Å². The van der Waals surface area contributed by atoms with E-state index in [0.29, 0.717) is 11.1 Å². The largest absolute Gasteiger partial charge is 0.507 e. The summed E-state index contributed by atoms with van der Waals surface area (Å²) in [5.74, 6) is -1.48. The summed E-state index contributed by atoms with van der Waals surface area (Å²) in [6, 6.07) is 21.3. The molecule has 0 spiro atoms. The fourth-order valence-electron chi connectivity index (χ4n) is 6.06. The average Bonchev–Trinajstić information content (AvgIpc) is 3.06. The maximum atomic E-state index is 14.2. The number of fused-ring (bicyclic) bond motifs is 1. The Bertz CT molecular complexity index is 1700. The molecule has 2 aliphatic rings. The van der Waals surface area contributed by atoms with Crippen molar-refractivity contribution in [2.24, 2.45) is 4.99 Å². The van der Waals surface area contributed by atoms with Gasteiger partial charge in [-0.3, -0.25) is 9.59 Å². The monoisotopic (exact) mass is 684 g/mol. The van der Waals surface area contributed by atoms with Crippen molar-refractivity contribution in [2.45, 2.75) is 82.5 Å². The normalized spacial score (nSPS) is 20.9. The van der Waals surface area contributed by atoms with Crippen LogP contribution in [-0.4, -0.2) is 64.9 Å². The van der Waals surface area contributed by atoms with E-state index in [2.05, 4.69) is 0 Å². The Hall–Kier alpha value is -4.41. The van der Waals surface area contributed by atoms with Gasteiger partial charge in [0.05, 0.1) is 0 Å². The SMILES string of the molecule is CO[C@@]1(/N=C/c2cc(C(C)(C)C)c(O)c(C(C)(C)C)c2)C(=O)N2C(C(=O)OC(c3ccccc3)c3ccccc3)C(COC(C)=O)=CS[C@@H]21. The number of nitrogens with zero attached hydrogens (tertiary/aromatic N) is 2. The average molecular weight is 685 g/mol. The predicted molar refractivity (Wildman–Crippen MR) is 190 cm³/mol. The van der Waals surface area contributed by atoms with Crippen molar-refractivity contribution in [1.29, 1.82) is 0 Å². The number of carbonyl (C=O) groups is 3. The number of carbonyl (C=O) groups excluding carboxylic acids is 3. The van der Waals surface area contributed by atoms with Crippen LogP contribution in [0, 0.1) is 0 Å². The molecule has 3 aromatic rings. The molecule has 3 aromatic carbocycles. The fraction of sp³-hybridized carbons (Fsp3) is 0.385. The van der Waals surface area contributed by atoms with Crippen molar-refractivity contribution >= 4 is 35.8 Å². The van der Waals surface area contributed by atoms with E-state index in [-0.39, 0.29) is 23.2 Å². The maximum Gasteiger partial charge on any atom is 0.334 e. The van der Waals surface area contributed by atoms with Gasteiger partial charge in [0.15, 0.2) is 12.1 Å². The highest BCUT2D eigenvalue weighted by atomic mass is 32.2. The topological polar surface area (TPSA) is 115 Å². The predicted octanol–water partition coefficient (Wildman–Crippen LogP) is 6.81. The lowest BCUT2D eigenvalue weighted by molar-refractivity contribution is -0.194. The van der Waals surface area contributed by atoms with Gasteiger partial charge in [0.2, 0.25) is 0 Å². The molecule has 0 aromatic heterocycles. The van der Waals surface area contributed by atoms with Crippen molar-refractivity contribution in [1.82, 2.24) is 4.90 Å². The second-order valence-electron chi connectivity index (χ2n) is 14.3. The molecule has 49 heavy (non-hydrogen) atoms. The number of esters is 2. The number of aromatic hydroxyl groups is 1. The first kappa shape index (κ1) is 35.9. The Kier molecular flexibility index (Phi) is 10.1. The summed E-state index contributed by atoms with van der Waals surface area (Å²) in [6.45, 7) is 13.2. The molecule has 2 heterocycles. The van der Waals surface area contributed by atoms with Gasteiger partial charge in [0.1, 0.15) is 17.7 Å². The molecular formula is C39H44N2O7S. The molecule has 0 radical (unpaired) electrons. The van der Waals surface area contributed by atoms with Gasteiger partial charge in [-0.15, -0.1) is 11.8 Å². The zero-order chi connectivity index (χ0) is 35.7. The third-order valence-corrected chi connectivity index (χ3v) is 9.92. The highest BCUT2D eigenvalue weighted by Gasteiger charge is 2.67. The summed E-state index contributed by atoms with van der Waals surface area (Å²) >= 11 is 1.26. The van der Waals surface area contributed by atoms with Crippen LogP contribution in [-0.2, 0) is 39.4 Å². The zero-order valence-electron chi connectivity index (χ0n) is 29.2. The molecule has 0 aliphatic carbocycles. The van der Waals surface area contributed by atoms with Gasteiger partial charge in [-0.05, 0) is 45.1 Å². The number of β-lactam (4-membered cyclic amide) rings is 1. The van der Waals surface area contributed by atoms with Gasteiger partial charge in [-0.1, -0.05) is 102 Å². The second-order valence-corrected chi connectivity index (χ2v) is 15.3. The minimum atomic E-state index is -1.63. The number of thioether (sulfide) groups is 1. The summed E-state index contributed by atoms with van der Waals surface area (Å²) < 4.78 is 17.4. The summed E-state index contributed by atoms with van der Waals surface area (Å²) in [4.78, 5) is 46.3. The van der Waals surface area contributed by atoms with Gasteiger partial charge in [0, 0.05) is 36.9 Å². The van der Waals surface area contributed by atoms with E-state index in [1.165, 1.54) is 30.7 Å². The van der Waals surface area contributed by atoms with Crippen LogP contribution in [0.15, 0.2) is 88.8 Å². The van der Waals surface area contributed by atoms with E-state index in [4.69, 9.17) is 19.2 Å². The summed E-state index contributed by atoms with van der Waals surface area (Å²) in [7, 11) is 1.41. The van der Waals surface area contributed by atoms with Crippen LogP contribution >= 0.6 is 11.8 Å². The lowest BCUT2D eigenvalue weighted by atomic mass is 9.78. The van der Waals surface area contributed by atoms with Crippen molar-refractivity contribution in [3.05, 3.63) is 112 Å². The Morgan fingerprint density at radius 1 is 0.959 bits per heavy atom. The fourth-order valence-corrected chi connectivity index (χ4v) is 7.35. The highest BCUT2D eigenvalue weighted by molar-refractivity contribution is 8.03. The van der Waals surface area contributed by atoms with E-state index in [1.807, 2.05) is 114 Å². The molecule has 3 atom stereocenters. The lowest BCUT2D eigenvalue weighted by Gasteiger charge is -2.55. The molecule has 1 unspecified atom stereocenters. The molecule has 0 saturated carbocycles. The molecule has 9 nitrogen and oxygen atoms in total. The number of hydrogen-bond acceptors (Lipinski definition) is 9. The van der Waals surface area contributed by atoms with Crippen molar-refractivity contribution in [2.75, 3.05) is 13.7 Å². The number of benzene rings is 3. The van der Waals surface area contributed by atoms with E-state index in [0.717, 1.165) is 22.3 Å². The van der Waals surface area contributed by atoms with Crippen LogP contribution in [0.1, 0.15) is 82.4 Å². The Labute approximate surface area is 292 Å². The van der Waals surface area contributed by atoms with Gasteiger partial charge in [-0.2, -0.15) is 0 Å². The first-order valence-electron chi connectivity index (χ1n) is 16.2. The Morgan fingerprint density at radius 3 is 1.96 bits per heavy atom. The summed E-state index contributed by atoms with van der Waals surface area (Å²) in [6.07, 6.45) is 0.846. The molecule has 1 saturated heterocycles. The van der Waals surface area contributed by atoms with Crippen molar-refractivity contribution in [3.63, 3.8) is 0 Å². The third kappa shape index (κ3) is 7.16. The van der Waals surface area contributed by atoms with Crippen LogP contribution in [0.5, 0.6) is 5.75 Å². The third-order valence-electron chi connectivity index (χ3n) is 8.67. The first-order valence-corrected chi connectivity index (χ1v) is 17.1. The van der Waals surface area contributed by atoms with Gasteiger partial charge in [-0.25, -0.2) is 9.79 Å². The molecule has 258 valence electrons. The number of methoxy groups -OCH3 is 1. The van der Waals surface area contributed by atoms with Gasteiger partial charge >= 0.3 is 11.9 Å². The first-order chi connectivity index (χ1) is 23.1. The summed E-state index contributed by atoms with van der Waals surface area (Å²) in [5, 5.41) is 12.2. The van der Waals surface area contributed by atoms with E-state index in [9.17, 15) is 19.5 Å². The number of ether oxygens (including phenoxy) is 3. The number of phenols is 1. The number of hydrogen-bond donors (Lipinski definition) is 1. The van der Waals surface area contributed by atoms with Crippen LogP contribution in [0.3, 0.4) is 0 Å². The van der Waals surface area contributed by atoms with Crippen molar-refractivity contribution < 1.29 is 33.7 Å². The van der Waals surface area contributed by atoms with Crippen LogP contribution in [0.4, 0.5) is 0 Å². The Morgan fingerprint density at radius 2 is 1.49 bits per heavy atom. The molecule has 2 aliphatic heterocycles. The second kappa shape index (κ2) is 13.8. The number of rotatable bonds is 9.